The first-order valence-corrected chi connectivity index (χ1v) is 6.53. The molecule has 0 heterocycles. The molecule has 3 unspecified atom stereocenters. The highest BCUT2D eigenvalue weighted by Crippen LogP contribution is 2.34. The van der Waals surface area contributed by atoms with Crippen LogP contribution in [0.15, 0.2) is 0 Å². The second-order valence-corrected chi connectivity index (χ2v) is 5.76. The van der Waals surface area contributed by atoms with E-state index in [1.807, 2.05) is 0 Å². The molecule has 2 N–H and O–H groups in total. The van der Waals surface area contributed by atoms with Gasteiger partial charge in [0.25, 0.3) is 10.1 Å². The van der Waals surface area contributed by atoms with Gasteiger partial charge in [-0.1, -0.05) is 19.8 Å². The van der Waals surface area contributed by atoms with Crippen LogP contribution in [0.5, 0.6) is 0 Å². The molecule has 1 rings (SSSR count). The molecule has 1 fully saturated rings. The van der Waals surface area contributed by atoms with Gasteiger partial charge in [-0.25, -0.2) is 0 Å². The normalized spacial score (nSPS) is 29.7. The number of hydrogen-bond acceptors (Lipinski definition) is 3. The van der Waals surface area contributed by atoms with E-state index in [-0.39, 0.29) is 0 Å². The summed E-state index contributed by atoms with van der Waals surface area (Å²) in [4.78, 5) is 10.8. The highest BCUT2D eigenvalue weighted by atomic mass is 32.2. The fraction of sp³-hybridized carbons (Fsp3) is 0.889. The summed E-state index contributed by atoms with van der Waals surface area (Å²) in [5.74, 6) is -2.20. The van der Waals surface area contributed by atoms with E-state index in [1.54, 1.807) is 0 Å². The molecule has 0 spiro atoms. The summed E-state index contributed by atoms with van der Waals surface area (Å²) in [7, 11) is -4.12. The lowest BCUT2D eigenvalue weighted by atomic mass is 9.80. The minimum absolute atomic E-state index is 0.362. The number of carboxylic acid groups (broad SMARTS) is 1. The van der Waals surface area contributed by atoms with Gasteiger partial charge in [0.15, 0.2) is 0 Å². The third-order valence-corrected chi connectivity index (χ3v) is 4.52. The zero-order valence-electron chi connectivity index (χ0n) is 8.59. The Balaban J connectivity index is 2.88. The highest BCUT2D eigenvalue weighted by Gasteiger charge is 2.39. The van der Waals surface area contributed by atoms with E-state index in [4.69, 9.17) is 9.66 Å². The molecule has 1 aliphatic rings. The highest BCUT2D eigenvalue weighted by molar-refractivity contribution is 7.86. The molecule has 1 aliphatic carbocycles. The van der Waals surface area contributed by atoms with Gasteiger partial charge in [0.2, 0.25) is 0 Å². The lowest BCUT2D eigenvalue weighted by molar-refractivity contribution is -0.143. The average molecular weight is 236 g/mol. The molecular formula is C9H16O5S. The zero-order valence-corrected chi connectivity index (χ0v) is 9.40. The summed E-state index contributed by atoms with van der Waals surface area (Å²) in [5, 5.41) is 7.94. The van der Waals surface area contributed by atoms with Crippen LogP contribution in [0.1, 0.15) is 32.6 Å². The molecule has 0 radical (unpaired) electrons. The third-order valence-electron chi connectivity index (χ3n) is 3.17. The second-order valence-electron chi connectivity index (χ2n) is 4.13. The van der Waals surface area contributed by atoms with Crippen molar-refractivity contribution in [3.8, 4) is 0 Å². The molecule has 0 aromatic carbocycles. The Morgan fingerprint density at radius 1 is 1.33 bits per heavy atom. The summed E-state index contributed by atoms with van der Waals surface area (Å²) >= 11 is 0. The number of carbonyl (C=O) groups is 1. The molecule has 1 saturated carbocycles. The van der Waals surface area contributed by atoms with Gasteiger partial charge in [0.05, 0.1) is 11.2 Å². The Morgan fingerprint density at radius 2 is 1.87 bits per heavy atom. The minimum atomic E-state index is -4.12. The van der Waals surface area contributed by atoms with Crippen molar-refractivity contribution in [2.75, 3.05) is 0 Å². The fourth-order valence-electron chi connectivity index (χ4n) is 2.25. The van der Waals surface area contributed by atoms with Gasteiger partial charge >= 0.3 is 5.97 Å². The molecule has 15 heavy (non-hydrogen) atoms. The molecule has 0 aromatic rings. The maximum Gasteiger partial charge on any atom is 0.306 e. The molecule has 0 aromatic heterocycles. The van der Waals surface area contributed by atoms with E-state index >= 15 is 0 Å². The van der Waals surface area contributed by atoms with Crippen molar-refractivity contribution in [3.63, 3.8) is 0 Å². The van der Waals surface area contributed by atoms with Crippen LogP contribution < -0.4 is 0 Å². The van der Waals surface area contributed by atoms with Crippen molar-refractivity contribution < 1.29 is 22.9 Å². The lowest BCUT2D eigenvalue weighted by Crippen LogP contribution is -2.38. The maximum absolute atomic E-state index is 11.1. The third kappa shape index (κ3) is 2.92. The fourth-order valence-corrected chi connectivity index (χ4v) is 3.53. The van der Waals surface area contributed by atoms with Crippen molar-refractivity contribution in [2.45, 2.75) is 37.9 Å². The molecule has 3 atom stereocenters. The van der Waals surface area contributed by atoms with Gasteiger partial charge in [-0.3, -0.25) is 9.35 Å². The van der Waals surface area contributed by atoms with Crippen LogP contribution in [-0.4, -0.2) is 29.3 Å². The molecule has 5 nitrogen and oxygen atoms in total. The van der Waals surface area contributed by atoms with E-state index in [0.29, 0.717) is 12.8 Å². The second kappa shape index (κ2) is 4.49. The quantitative estimate of drug-likeness (QED) is 0.717. The Kier molecular flexibility index (Phi) is 3.72. The van der Waals surface area contributed by atoms with Crippen molar-refractivity contribution in [3.05, 3.63) is 0 Å². The smallest absolute Gasteiger partial charge is 0.306 e. The standard InChI is InChI=1S/C9H16O5S/c1-6(9(10)11)7-4-2-3-5-8(7)15(12,13)14/h6-8H,2-5H2,1H3,(H,10,11)(H,12,13,14). The van der Waals surface area contributed by atoms with E-state index in [1.165, 1.54) is 6.92 Å². The molecule has 0 aliphatic heterocycles. The van der Waals surface area contributed by atoms with Crippen molar-refractivity contribution in [1.82, 2.24) is 0 Å². The predicted molar refractivity (Wildman–Crippen MR) is 54.1 cm³/mol. The van der Waals surface area contributed by atoms with E-state index in [9.17, 15) is 13.2 Å². The topological polar surface area (TPSA) is 91.7 Å². The van der Waals surface area contributed by atoms with Crippen LogP contribution in [0.4, 0.5) is 0 Å². The van der Waals surface area contributed by atoms with Crippen LogP contribution in [-0.2, 0) is 14.9 Å². The van der Waals surface area contributed by atoms with Crippen molar-refractivity contribution >= 4 is 16.1 Å². The van der Waals surface area contributed by atoms with Crippen LogP contribution in [0.25, 0.3) is 0 Å². The predicted octanol–water partition coefficient (Wildman–Crippen LogP) is 1.15. The Morgan fingerprint density at radius 3 is 2.33 bits per heavy atom. The summed E-state index contributed by atoms with van der Waals surface area (Å²) in [5.41, 5.74) is 0. The number of carboxylic acids is 1. The van der Waals surface area contributed by atoms with E-state index in [0.717, 1.165) is 12.8 Å². The van der Waals surface area contributed by atoms with Gasteiger partial charge < -0.3 is 5.11 Å². The van der Waals surface area contributed by atoms with Crippen LogP contribution in [0, 0.1) is 11.8 Å². The first-order valence-electron chi connectivity index (χ1n) is 5.03. The van der Waals surface area contributed by atoms with Crippen molar-refractivity contribution in [1.29, 1.82) is 0 Å². The van der Waals surface area contributed by atoms with E-state index in [2.05, 4.69) is 0 Å². The molecule has 6 heteroatoms. The lowest BCUT2D eigenvalue weighted by Gasteiger charge is -2.31. The Bertz CT molecular complexity index is 334. The van der Waals surface area contributed by atoms with E-state index < -0.39 is 33.2 Å². The Hall–Kier alpha value is -0.620. The summed E-state index contributed by atoms with van der Waals surface area (Å²) in [6, 6.07) is 0. The molecule has 0 amide bonds. The summed E-state index contributed by atoms with van der Waals surface area (Å²) in [6.45, 7) is 1.50. The number of aliphatic carboxylic acids is 1. The number of rotatable bonds is 3. The SMILES string of the molecule is CC(C(=O)O)C1CCCCC1S(=O)(=O)O. The monoisotopic (exact) mass is 236 g/mol. The first-order chi connectivity index (χ1) is 6.84. The molecule has 88 valence electrons. The molecule has 0 bridgehead atoms. The summed E-state index contributed by atoms with van der Waals surface area (Å²) in [6.07, 6.45) is 2.47. The summed E-state index contributed by atoms with van der Waals surface area (Å²) < 4.78 is 31.2. The van der Waals surface area contributed by atoms with Gasteiger partial charge in [-0.15, -0.1) is 0 Å². The first kappa shape index (κ1) is 12.4. The van der Waals surface area contributed by atoms with Gasteiger partial charge in [-0.2, -0.15) is 8.42 Å². The number of hydrogen-bond donors (Lipinski definition) is 2. The van der Waals surface area contributed by atoms with Gasteiger partial charge in [0, 0.05) is 0 Å². The van der Waals surface area contributed by atoms with Crippen LogP contribution >= 0.6 is 0 Å². The minimum Gasteiger partial charge on any atom is -0.481 e. The van der Waals surface area contributed by atoms with Gasteiger partial charge in [0.1, 0.15) is 0 Å². The average Bonchev–Trinajstić information content (AvgIpc) is 2.15. The van der Waals surface area contributed by atoms with Crippen LogP contribution in [0.3, 0.4) is 0 Å². The van der Waals surface area contributed by atoms with Gasteiger partial charge in [-0.05, 0) is 18.8 Å². The van der Waals surface area contributed by atoms with Crippen LogP contribution in [0.2, 0.25) is 0 Å². The largest absolute Gasteiger partial charge is 0.481 e. The maximum atomic E-state index is 11.1. The zero-order chi connectivity index (χ0) is 11.6. The van der Waals surface area contributed by atoms with Crippen molar-refractivity contribution in [2.24, 2.45) is 11.8 Å². The molecule has 0 saturated heterocycles. The Labute approximate surface area is 89.2 Å². The molecular weight excluding hydrogens is 220 g/mol.